The highest BCUT2D eigenvalue weighted by molar-refractivity contribution is 5.80. The maximum absolute atomic E-state index is 13.3. The molecule has 1 saturated heterocycles. The summed E-state index contributed by atoms with van der Waals surface area (Å²) in [6.45, 7) is 5.58. The summed E-state index contributed by atoms with van der Waals surface area (Å²) in [5.41, 5.74) is 0. The van der Waals surface area contributed by atoms with Crippen molar-refractivity contribution in [2.24, 2.45) is 0 Å². The van der Waals surface area contributed by atoms with Crippen LogP contribution in [0.1, 0.15) is 233 Å². The van der Waals surface area contributed by atoms with Gasteiger partial charge in [-0.2, -0.15) is 0 Å². The molecular weight excluding hydrogens is 919 g/mol. The molecule has 0 saturated carbocycles. The lowest BCUT2D eigenvalue weighted by Crippen LogP contribution is -2.61. The Morgan fingerprint density at radius 2 is 1.00 bits per heavy atom. The van der Waals surface area contributed by atoms with Gasteiger partial charge in [0.15, 0.2) is 12.4 Å². The van der Waals surface area contributed by atoms with Crippen molar-refractivity contribution in [2.75, 3.05) is 13.2 Å². The van der Waals surface area contributed by atoms with E-state index in [1.165, 1.54) is 135 Å². The van der Waals surface area contributed by atoms with Gasteiger partial charge in [0.05, 0.1) is 25.4 Å². The highest BCUT2D eigenvalue weighted by atomic mass is 16.7. The van der Waals surface area contributed by atoms with Gasteiger partial charge in [-0.3, -0.25) is 9.59 Å². The van der Waals surface area contributed by atoms with E-state index < -0.39 is 67.4 Å². The maximum Gasteiger partial charge on any atom is 0.306 e. The van der Waals surface area contributed by atoms with Gasteiger partial charge in [-0.15, -0.1) is 0 Å². The molecule has 0 aliphatic carbocycles. The average molecular weight is 1030 g/mol. The Kier molecular flexibility index (Phi) is 46.2. The summed E-state index contributed by atoms with van der Waals surface area (Å²) in [5, 5.41) is 56.7. The number of allylic oxidation sites excluding steroid dienone is 13. The Morgan fingerprint density at radius 3 is 1.49 bits per heavy atom. The molecule has 73 heavy (non-hydrogen) atoms. The van der Waals surface area contributed by atoms with E-state index in [-0.39, 0.29) is 19.4 Å². The van der Waals surface area contributed by atoms with Crippen molar-refractivity contribution in [1.82, 2.24) is 5.32 Å². The van der Waals surface area contributed by atoms with Crippen molar-refractivity contribution in [3.05, 3.63) is 85.1 Å². The smallest absolute Gasteiger partial charge is 0.306 e. The first-order valence-corrected chi connectivity index (χ1v) is 29.4. The van der Waals surface area contributed by atoms with E-state index in [4.69, 9.17) is 14.2 Å². The standard InChI is InChI=1S/C62H107NO10/c1-4-7-10-13-16-19-22-25-26-27-28-29-30-32-35-38-41-44-47-50-57(67)73-60-59(69)58(68)56(51-64)72-62(60)71-52-53(54(65)48-45-42-39-36-34-31-23-20-17-14-11-8-5-2)63-61(70)55(66)49-46-43-40-37-33-24-21-18-15-12-9-6-3/h9,12,15,18,21,24-26,33,37,40,43,45,48,53-56,58-60,62,64-66,68-69H,4-8,10-11,13-14,16-17,19-20,22-23,27-32,34-36,38-39,41-42,44,46-47,49-52H2,1-3H3,(H,63,70)/b12-9+,18-15+,24-21-,26-25+,37-33-,43-40+,48-45+. The Balaban J connectivity index is 2.74. The first-order chi connectivity index (χ1) is 35.7. The number of amides is 1. The Morgan fingerprint density at radius 1 is 0.548 bits per heavy atom. The number of rotatable bonds is 48. The minimum Gasteiger partial charge on any atom is -0.454 e. The third-order valence-electron chi connectivity index (χ3n) is 13.4. The van der Waals surface area contributed by atoms with Crippen LogP contribution in [-0.2, 0) is 23.8 Å². The molecule has 1 heterocycles. The topological polar surface area (TPSA) is 175 Å². The van der Waals surface area contributed by atoms with Crippen molar-refractivity contribution in [2.45, 2.75) is 282 Å². The van der Waals surface area contributed by atoms with E-state index in [0.717, 1.165) is 51.4 Å². The number of unbranched alkanes of at least 4 members (excludes halogenated alkanes) is 26. The van der Waals surface area contributed by atoms with Crippen LogP contribution >= 0.6 is 0 Å². The lowest BCUT2D eigenvalue weighted by Gasteiger charge is -2.41. The van der Waals surface area contributed by atoms with Crippen molar-refractivity contribution in [3.63, 3.8) is 0 Å². The second-order valence-corrected chi connectivity index (χ2v) is 20.1. The minimum absolute atomic E-state index is 0.109. The number of aliphatic hydroxyl groups excluding tert-OH is 5. The van der Waals surface area contributed by atoms with Crippen LogP contribution < -0.4 is 5.32 Å². The van der Waals surface area contributed by atoms with Gasteiger partial charge in [0, 0.05) is 6.42 Å². The van der Waals surface area contributed by atoms with Crippen molar-refractivity contribution in [1.29, 1.82) is 0 Å². The molecule has 0 aromatic rings. The van der Waals surface area contributed by atoms with Crippen LogP contribution in [0.25, 0.3) is 0 Å². The zero-order valence-electron chi connectivity index (χ0n) is 46.2. The molecule has 420 valence electrons. The molecule has 8 atom stereocenters. The second kappa shape index (κ2) is 49.7. The van der Waals surface area contributed by atoms with E-state index >= 15 is 0 Å². The minimum atomic E-state index is -1.63. The summed E-state index contributed by atoms with van der Waals surface area (Å²) in [4.78, 5) is 26.4. The first kappa shape index (κ1) is 67.9. The van der Waals surface area contributed by atoms with Crippen molar-refractivity contribution < 1.29 is 49.3 Å². The summed E-state index contributed by atoms with van der Waals surface area (Å²) in [5.74, 6) is -1.28. The average Bonchev–Trinajstić information content (AvgIpc) is 3.39. The summed E-state index contributed by atoms with van der Waals surface area (Å²) in [7, 11) is 0. The molecule has 11 nitrogen and oxygen atoms in total. The molecular formula is C62H107NO10. The van der Waals surface area contributed by atoms with E-state index in [1.54, 1.807) is 6.08 Å². The van der Waals surface area contributed by atoms with Crippen LogP contribution in [0.5, 0.6) is 0 Å². The van der Waals surface area contributed by atoms with E-state index in [2.05, 4.69) is 44.3 Å². The monoisotopic (exact) mass is 1030 g/mol. The molecule has 1 aliphatic heterocycles. The van der Waals surface area contributed by atoms with Gasteiger partial charge < -0.3 is 45.1 Å². The molecule has 0 spiro atoms. The number of nitrogens with one attached hydrogen (secondary N) is 1. The molecule has 0 radical (unpaired) electrons. The third kappa shape index (κ3) is 38.1. The molecule has 1 amide bonds. The fraction of sp³-hybridized carbons (Fsp3) is 0.742. The summed E-state index contributed by atoms with van der Waals surface area (Å²) >= 11 is 0. The highest BCUT2D eigenvalue weighted by Crippen LogP contribution is 2.26. The maximum atomic E-state index is 13.3. The predicted molar refractivity (Wildman–Crippen MR) is 301 cm³/mol. The van der Waals surface area contributed by atoms with Crippen LogP contribution in [0, 0.1) is 0 Å². The first-order valence-electron chi connectivity index (χ1n) is 29.4. The zero-order valence-corrected chi connectivity index (χ0v) is 46.2. The van der Waals surface area contributed by atoms with E-state index in [0.29, 0.717) is 12.8 Å². The number of carbonyl (C=O) groups is 2. The highest BCUT2D eigenvalue weighted by Gasteiger charge is 2.47. The lowest BCUT2D eigenvalue weighted by atomic mass is 9.99. The normalized spacial score (nSPS) is 20.0. The van der Waals surface area contributed by atoms with Crippen LogP contribution in [-0.4, -0.2) is 99.6 Å². The third-order valence-corrected chi connectivity index (χ3v) is 13.4. The molecule has 0 bridgehead atoms. The lowest BCUT2D eigenvalue weighted by molar-refractivity contribution is -0.305. The number of esters is 1. The number of carbonyl (C=O) groups excluding carboxylic acids is 2. The number of ether oxygens (including phenoxy) is 3. The van der Waals surface area contributed by atoms with Gasteiger partial charge >= 0.3 is 5.97 Å². The number of aliphatic hydroxyl groups is 5. The van der Waals surface area contributed by atoms with E-state index in [9.17, 15) is 35.1 Å². The van der Waals surface area contributed by atoms with Crippen LogP contribution in [0.3, 0.4) is 0 Å². The SMILES string of the molecule is CC/C=C/C=C/C=C\C=C/C=C/CCC(O)C(=O)NC(COC1OC(CO)C(O)C(O)C1OC(=O)CCCCCCCCCCC/C=C/CCCCCCCC)C(O)/C=C/CCCCCCCCCCCCC. The molecule has 11 heteroatoms. The van der Waals surface area contributed by atoms with Gasteiger partial charge in [-0.1, -0.05) is 247 Å². The van der Waals surface area contributed by atoms with Crippen LogP contribution in [0.4, 0.5) is 0 Å². The van der Waals surface area contributed by atoms with Gasteiger partial charge in [0.25, 0.3) is 0 Å². The molecule has 6 N–H and O–H groups in total. The predicted octanol–water partition coefficient (Wildman–Crippen LogP) is 13.4. The fourth-order valence-electron chi connectivity index (χ4n) is 8.73. The zero-order chi connectivity index (χ0) is 53.3. The van der Waals surface area contributed by atoms with Crippen LogP contribution in [0.15, 0.2) is 85.1 Å². The summed E-state index contributed by atoms with van der Waals surface area (Å²) < 4.78 is 17.5. The van der Waals surface area contributed by atoms with Gasteiger partial charge in [-0.25, -0.2) is 0 Å². The molecule has 0 aromatic heterocycles. The fourth-order valence-corrected chi connectivity index (χ4v) is 8.73. The quantitative estimate of drug-likeness (QED) is 0.0149. The molecule has 1 fully saturated rings. The summed E-state index contributed by atoms with van der Waals surface area (Å²) in [6, 6.07) is -1.06. The molecule has 1 rings (SSSR count). The van der Waals surface area contributed by atoms with E-state index in [1.807, 2.05) is 60.8 Å². The van der Waals surface area contributed by atoms with Crippen molar-refractivity contribution >= 4 is 11.9 Å². The molecule has 1 aliphatic rings. The van der Waals surface area contributed by atoms with Crippen LogP contribution in [0.2, 0.25) is 0 Å². The Hall–Kier alpha value is -3.16. The Labute approximate surface area is 444 Å². The Bertz CT molecular complexity index is 1510. The largest absolute Gasteiger partial charge is 0.454 e. The van der Waals surface area contributed by atoms with Crippen molar-refractivity contribution in [3.8, 4) is 0 Å². The van der Waals surface area contributed by atoms with Gasteiger partial charge in [0.2, 0.25) is 5.91 Å². The van der Waals surface area contributed by atoms with Gasteiger partial charge in [0.1, 0.15) is 24.4 Å². The van der Waals surface area contributed by atoms with Gasteiger partial charge in [-0.05, 0) is 64.2 Å². The molecule has 0 aromatic carbocycles. The number of hydrogen-bond donors (Lipinski definition) is 6. The summed E-state index contributed by atoms with van der Waals surface area (Å²) in [6.07, 6.45) is 53.6. The number of hydrogen-bond acceptors (Lipinski definition) is 10. The molecule has 8 unspecified atom stereocenters. The second-order valence-electron chi connectivity index (χ2n) is 20.1.